The van der Waals surface area contributed by atoms with Crippen LogP contribution >= 0.6 is 27.7 Å². The third-order valence-electron chi connectivity index (χ3n) is 4.53. The number of pyridine rings is 1. The highest BCUT2D eigenvalue weighted by Crippen LogP contribution is 2.28. The fourth-order valence-electron chi connectivity index (χ4n) is 2.93. The number of aromatic nitrogens is 4. The fraction of sp³-hybridized carbons (Fsp3) is 0.0870. The summed E-state index contributed by atoms with van der Waals surface area (Å²) < 4.78 is 2.90. The van der Waals surface area contributed by atoms with Crippen LogP contribution in [-0.2, 0) is 4.79 Å². The van der Waals surface area contributed by atoms with E-state index in [4.69, 9.17) is 0 Å². The van der Waals surface area contributed by atoms with Crippen LogP contribution in [0.15, 0.2) is 93.9 Å². The molecule has 4 rings (SSSR count). The standard InChI is InChI=1S/C23H19BrN6OS/c1-16(17-5-3-2-4-6-17)26-27-21(31)15-32-23-29-28-22(18-11-13-25-14-12-18)30(23)20-9-7-19(24)8-10-20/h2-14H,15H2,1H3,(H,27,31)/b26-16-. The molecule has 0 fully saturated rings. The number of rotatable bonds is 7. The van der Waals surface area contributed by atoms with E-state index in [9.17, 15) is 4.79 Å². The van der Waals surface area contributed by atoms with Gasteiger partial charge in [0.1, 0.15) is 0 Å². The molecule has 32 heavy (non-hydrogen) atoms. The van der Waals surface area contributed by atoms with Gasteiger partial charge in [0.05, 0.1) is 11.5 Å². The van der Waals surface area contributed by atoms with Crippen LogP contribution in [0.25, 0.3) is 17.1 Å². The van der Waals surface area contributed by atoms with Crippen molar-refractivity contribution in [1.82, 2.24) is 25.2 Å². The molecule has 2 heterocycles. The minimum absolute atomic E-state index is 0.149. The first-order valence-corrected chi connectivity index (χ1v) is 11.5. The molecule has 0 aliphatic rings. The van der Waals surface area contributed by atoms with E-state index in [0.717, 1.165) is 27.0 Å². The van der Waals surface area contributed by atoms with E-state index in [1.807, 2.05) is 78.2 Å². The van der Waals surface area contributed by atoms with Gasteiger partial charge in [-0.1, -0.05) is 58.0 Å². The van der Waals surface area contributed by atoms with Crippen molar-refractivity contribution in [3.8, 4) is 17.1 Å². The number of carbonyl (C=O) groups is 1. The molecule has 4 aromatic rings. The molecule has 0 bridgehead atoms. The summed E-state index contributed by atoms with van der Waals surface area (Å²) in [5.41, 5.74) is 6.08. The Morgan fingerprint density at radius 2 is 1.75 bits per heavy atom. The van der Waals surface area contributed by atoms with Gasteiger partial charge in [-0.2, -0.15) is 5.10 Å². The third kappa shape index (κ3) is 5.30. The van der Waals surface area contributed by atoms with Crippen LogP contribution in [0.4, 0.5) is 0 Å². The highest BCUT2D eigenvalue weighted by atomic mass is 79.9. The molecule has 160 valence electrons. The maximum atomic E-state index is 12.4. The summed E-state index contributed by atoms with van der Waals surface area (Å²) in [4.78, 5) is 16.5. The van der Waals surface area contributed by atoms with Gasteiger partial charge in [-0.25, -0.2) is 5.43 Å². The predicted octanol–water partition coefficient (Wildman–Crippen LogP) is 4.72. The minimum Gasteiger partial charge on any atom is -0.272 e. The number of halogens is 1. The van der Waals surface area contributed by atoms with Gasteiger partial charge >= 0.3 is 0 Å². The van der Waals surface area contributed by atoms with E-state index < -0.39 is 0 Å². The lowest BCUT2D eigenvalue weighted by Gasteiger charge is -2.10. The van der Waals surface area contributed by atoms with Crippen molar-refractivity contribution >= 4 is 39.3 Å². The summed E-state index contributed by atoms with van der Waals surface area (Å²) >= 11 is 4.76. The van der Waals surface area contributed by atoms with Gasteiger partial charge in [0.2, 0.25) is 0 Å². The van der Waals surface area contributed by atoms with Gasteiger partial charge in [0.15, 0.2) is 11.0 Å². The second kappa shape index (κ2) is 10.3. The summed E-state index contributed by atoms with van der Waals surface area (Å²) in [6, 6.07) is 21.3. The quantitative estimate of drug-likeness (QED) is 0.222. The van der Waals surface area contributed by atoms with E-state index in [-0.39, 0.29) is 11.7 Å². The molecule has 2 aromatic heterocycles. The maximum Gasteiger partial charge on any atom is 0.250 e. The van der Waals surface area contributed by atoms with Crippen LogP contribution in [0.2, 0.25) is 0 Å². The summed E-state index contributed by atoms with van der Waals surface area (Å²) in [5, 5.41) is 13.5. The molecule has 0 spiro atoms. The normalized spacial score (nSPS) is 11.4. The first-order chi connectivity index (χ1) is 15.6. The summed E-state index contributed by atoms with van der Waals surface area (Å²) in [6.07, 6.45) is 3.42. The van der Waals surface area contributed by atoms with Gasteiger partial charge in [-0.05, 0) is 48.9 Å². The number of thioether (sulfide) groups is 1. The molecule has 0 radical (unpaired) electrons. The van der Waals surface area contributed by atoms with Crippen molar-refractivity contribution in [2.75, 3.05) is 5.75 Å². The molecule has 9 heteroatoms. The molecule has 0 saturated heterocycles. The van der Waals surface area contributed by atoms with Crippen molar-refractivity contribution in [1.29, 1.82) is 0 Å². The lowest BCUT2D eigenvalue weighted by Crippen LogP contribution is -2.21. The topological polar surface area (TPSA) is 85.1 Å². The van der Waals surface area contributed by atoms with E-state index in [1.54, 1.807) is 12.4 Å². The first-order valence-electron chi connectivity index (χ1n) is 9.75. The molecule has 0 saturated carbocycles. The van der Waals surface area contributed by atoms with Crippen LogP contribution in [0, 0.1) is 0 Å². The Bertz CT molecular complexity index is 1230. The Balaban J connectivity index is 1.53. The summed E-state index contributed by atoms with van der Waals surface area (Å²) in [7, 11) is 0. The van der Waals surface area contributed by atoms with Gasteiger partial charge in [0, 0.05) is 28.1 Å². The Kier molecular flexibility index (Phi) is 7.08. The lowest BCUT2D eigenvalue weighted by molar-refractivity contribution is -0.118. The van der Waals surface area contributed by atoms with Crippen molar-refractivity contribution in [3.63, 3.8) is 0 Å². The molecule has 1 amide bonds. The van der Waals surface area contributed by atoms with Crippen LogP contribution in [-0.4, -0.2) is 37.1 Å². The van der Waals surface area contributed by atoms with Crippen molar-refractivity contribution in [3.05, 3.63) is 89.2 Å². The van der Waals surface area contributed by atoms with Crippen molar-refractivity contribution in [2.45, 2.75) is 12.1 Å². The molecular weight excluding hydrogens is 488 g/mol. The average molecular weight is 507 g/mol. The van der Waals surface area contributed by atoms with Gasteiger partial charge < -0.3 is 0 Å². The SMILES string of the molecule is C/C(=N/NC(=O)CSc1nnc(-c2ccncc2)n1-c1ccc(Br)cc1)c1ccccc1. The van der Waals surface area contributed by atoms with Crippen molar-refractivity contribution in [2.24, 2.45) is 5.10 Å². The van der Waals surface area contributed by atoms with Crippen LogP contribution in [0.1, 0.15) is 12.5 Å². The molecule has 1 N–H and O–H groups in total. The number of nitrogens with zero attached hydrogens (tertiary/aromatic N) is 5. The van der Waals surface area contributed by atoms with Gasteiger partial charge in [-0.15, -0.1) is 10.2 Å². The fourth-order valence-corrected chi connectivity index (χ4v) is 3.94. The zero-order chi connectivity index (χ0) is 22.3. The largest absolute Gasteiger partial charge is 0.272 e. The molecule has 2 aromatic carbocycles. The molecular formula is C23H19BrN6OS. The molecule has 7 nitrogen and oxygen atoms in total. The Labute approximate surface area is 198 Å². The van der Waals surface area contributed by atoms with Crippen LogP contribution < -0.4 is 5.43 Å². The average Bonchev–Trinajstić information content (AvgIpc) is 3.27. The van der Waals surface area contributed by atoms with E-state index in [0.29, 0.717) is 11.0 Å². The Morgan fingerprint density at radius 1 is 1.03 bits per heavy atom. The molecule has 0 aliphatic carbocycles. The molecule has 0 atom stereocenters. The summed E-state index contributed by atoms with van der Waals surface area (Å²) in [6.45, 7) is 1.86. The van der Waals surface area contributed by atoms with Crippen molar-refractivity contribution < 1.29 is 4.79 Å². The number of hydrazone groups is 1. The maximum absolute atomic E-state index is 12.4. The number of amides is 1. The first kappa shape index (κ1) is 21.9. The number of carbonyl (C=O) groups excluding carboxylic acids is 1. The smallest absolute Gasteiger partial charge is 0.250 e. The van der Waals surface area contributed by atoms with Gasteiger partial charge in [0.25, 0.3) is 5.91 Å². The van der Waals surface area contributed by atoms with E-state index in [1.165, 1.54) is 11.8 Å². The number of hydrogen-bond donors (Lipinski definition) is 1. The molecule has 0 unspecified atom stereocenters. The zero-order valence-corrected chi connectivity index (χ0v) is 19.5. The zero-order valence-electron chi connectivity index (χ0n) is 17.1. The Hall–Kier alpha value is -3.30. The minimum atomic E-state index is -0.221. The number of hydrogen-bond acceptors (Lipinski definition) is 6. The number of benzene rings is 2. The predicted molar refractivity (Wildman–Crippen MR) is 130 cm³/mol. The third-order valence-corrected chi connectivity index (χ3v) is 5.99. The highest BCUT2D eigenvalue weighted by Gasteiger charge is 2.17. The van der Waals surface area contributed by atoms with Crippen LogP contribution in [0.3, 0.4) is 0 Å². The summed E-state index contributed by atoms with van der Waals surface area (Å²) in [5.74, 6) is 0.605. The van der Waals surface area contributed by atoms with Gasteiger partial charge in [-0.3, -0.25) is 14.3 Å². The second-order valence-corrected chi connectivity index (χ2v) is 8.60. The second-order valence-electron chi connectivity index (χ2n) is 6.74. The number of nitrogens with one attached hydrogen (secondary N) is 1. The van der Waals surface area contributed by atoms with Crippen LogP contribution in [0.5, 0.6) is 0 Å². The van der Waals surface area contributed by atoms with E-state index in [2.05, 4.69) is 41.6 Å². The van der Waals surface area contributed by atoms with E-state index >= 15 is 0 Å². The lowest BCUT2D eigenvalue weighted by atomic mass is 10.1. The monoisotopic (exact) mass is 506 g/mol. The Morgan fingerprint density at radius 3 is 2.47 bits per heavy atom. The highest BCUT2D eigenvalue weighted by molar-refractivity contribution is 9.10. The molecule has 0 aliphatic heterocycles.